The second-order valence-electron chi connectivity index (χ2n) is 4.17. The molecule has 0 atom stereocenters. The molecule has 0 N–H and O–H groups in total. The fourth-order valence-corrected chi connectivity index (χ4v) is 2.00. The first kappa shape index (κ1) is 12.1. The summed E-state index contributed by atoms with van der Waals surface area (Å²) in [7, 11) is 0. The number of aromatic nitrogens is 2. The first-order valence-corrected chi connectivity index (χ1v) is 5.82. The highest BCUT2D eigenvalue weighted by atomic mass is 19.1. The summed E-state index contributed by atoms with van der Waals surface area (Å²) in [6.45, 7) is -0.0375. The minimum Gasteiger partial charge on any atom is -0.406 e. The van der Waals surface area contributed by atoms with Gasteiger partial charge in [-0.3, -0.25) is 4.57 Å². The van der Waals surface area contributed by atoms with Gasteiger partial charge < -0.3 is 4.42 Å². The zero-order valence-corrected chi connectivity index (χ0v) is 10.2. The van der Waals surface area contributed by atoms with E-state index < -0.39 is 11.6 Å². The van der Waals surface area contributed by atoms with Gasteiger partial charge in [0.1, 0.15) is 11.9 Å². The zero-order chi connectivity index (χ0) is 14.1. The Morgan fingerprint density at radius 1 is 1.35 bits per heavy atom. The van der Waals surface area contributed by atoms with Crippen LogP contribution in [-0.2, 0) is 6.54 Å². The highest BCUT2D eigenvalue weighted by molar-refractivity contribution is 5.67. The van der Waals surface area contributed by atoms with E-state index in [1.165, 1.54) is 22.9 Å². The Hall–Kier alpha value is -2.94. The highest BCUT2D eigenvalue weighted by Gasteiger charge is 2.14. The van der Waals surface area contributed by atoms with Crippen molar-refractivity contribution in [2.24, 2.45) is 0 Å². The smallest absolute Gasteiger partial charge is 0.406 e. The van der Waals surface area contributed by atoms with Crippen LogP contribution in [0.15, 0.2) is 45.7 Å². The molecule has 0 spiro atoms. The van der Waals surface area contributed by atoms with Crippen molar-refractivity contribution in [3.63, 3.8) is 0 Å². The van der Waals surface area contributed by atoms with Gasteiger partial charge in [-0.05, 0) is 18.2 Å². The van der Waals surface area contributed by atoms with Gasteiger partial charge in [-0.2, -0.15) is 5.26 Å². The van der Waals surface area contributed by atoms with E-state index in [2.05, 4.69) is 4.98 Å². The lowest BCUT2D eigenvalue weighted by molar-refractivity contribution is 0.511. The minimum atomic E-state index is -0.632. The van der Waals surface area contributed by atoms with E-state index in [4.69, 9.17) is 9.68 Å². The van der Waals surface area contributed by atoms with Crippen molar-refractivity contribution in [1.29, 1.82) is 5.26 Å². The van der Waals surface area contributed by atoms with Crippen molar-refractivity contribution < 1.29 is 8.81 Å². The molecule has 0 aliphatic carbocycles. The SMILES string of the molecule is N#Cc1cccc(Cn2c(=O)oc3cccnc32)c1F. The molecule has 0 saturated heterocycles. The lowest BCUT2D eigenvalue weighted by Gasteiger charge is -2.04. The summed E-state index contributed by atoms with van der Waals surface area (Å²) >= 11 is 0. The Morgan fingerprint density at radius 2 is 2.20 bits per heavy atom. The Morgan fingerprint density at radius 3 is 3.00 bits per heavy atom. The van der Waals surface area contributed by atoms with E-state index >= 15 is 0 Å². The van der Waals surface area contributed by atoms with Crippen molar-refractivity contribution >= 4 is 11.2 Å². The van der Waals surface area contributed by atoms with Crippen molar-refractivity contribution in [1.82, 2.24) is 9.55 Å². The van der Waals surface area contributed by atoms with E-state index in [9.17, 15) is 9.18 Å². The number of benzene rings is 1. The summed E-state index contributed by atoms with van der Waals surface area (Å²) in [4.78, 5) is 15.8. The van der Waals surface area contributed by atoms with E-state index in [1.54, 1.807) is 24.3 Å². The summed E-state index contributed by atoms with van der Waals surface area (Å²) in [5.74, 6) is -1.24. The van der Waals surface area contributed by atoms with Crippen LogP contribution in [0.25, 0.3) is 11.2 Å². The van der Waals surface area contributed by atoms with Gasteiger partial charge in [0, 0.05) is 11.8 Å². The number of pyridine rings is 1. The van der Waals surface area contributed by atoms with Gasteiger partial charge in [-0.25, -0.2) is 14.2 Å². The van der Waals surface area contributed by atoms with E-state index in [0.29, 0.717) is 11.2 Å². The molecule has 2 heterocycles. The predicted octanol–water partition coefficient (Wildman–Crippen LogP) is 2.05. The first-order chi connectivity index (χ1) is 9.70. The number of hydrogen-bond donors (Lipinski definition) is 0. The number of nitriles is 1. The summed E-state index contributed by atoms with van der Waals surface area (Å²) in [5.41, 5.74) is 0.865. The van der Waals surface area contributed by atoms with E-state index in [-0.39, 0.29) is 17.7 Å². The Labute approximate surface area is 112 Å². The Bertz CT molecular complexity index is 889. The lowest BCUT2D eigenvalue weighted by Crippen LogP contribution is -2.16. The molecular weight excluding hydrogens is 261 g/mol. The minimum absolute atomic E-state index is 0.0375. The number of nitrogens with zero attached hydrogens (tertiary/aromatic N) is 3. The number of rotatable bonds is 2. The molecule has 0 aliphatic heterocycles. The maximum Gasteiger partial charge on any atom is 0.421 e. The van der Waals surface area contributed by atoms with Crippen LogP contribution in [0.3, 0.4) is 0 Å². The van der Waals surface area contributed by atoms with Gasteiger partial charge in [0.15, 0.2) is 11.2 Å². The summed E-state index contributed by atoms with van der Waals surface area (Å²) in [5, 5.41) is 8.81. The molecule has 5 nitrogen and oxygen atoms in total. The normalized spacial score (nSPS) is 10.6. The maximum atomic E-state index is 14.0. The molecule has 3 rings (SSSR count). The molecule has 0 radical (unpaired) electrons. The van der Waals surface area contributed by atoms with Crippen LogP contribution in [0.4, 0.5) is 4.39 Å². The quantitative estimate of drug-likeness (QED) is 0.713. The van der Waals surface area contributed by atoms with Crippen LogP contribution in [0, 0.1) is 17.1 Å². The van der Waals surface area contributed by atoms with Crippen LogP contribution in [0.1, 0.15) is 11.1 Å². The third kappa shape index (κ3) is 1.86. The molecule has 1 aromatic carbocycles. The number of fused-ring (bicyclic) bond motifs is 1. The summed E-state index contributed by atoms with van der Waals surface area (Å²) in [6.07, 6.45) is 1.52. The standard InChI is InChI=1S/C14H8FN3O2/c15-12-9(7-16)3-1-4-10(12)8-18-13-11(20-14(18)19)5-2-6-17-13/h1-6H,8H2. The van der Waals surface area contributed by atoms with Gasteiger partial charge in [0.05, 0.1) is 12.1 Å². The van der Waals surface area contributed by atoms with Crippen LogP contribution in [0.2, 0.25) is 0 Å². The fourth-order valence-electron chi connectivity index (χ4n) is 2.00. The summed E-state index contributed by atoms with van der Waals surface area (Å²) in [6, 6.07) is 9.49. The van der Waals surface area contributed by atoms with Crippen molar-refractivity contribution in [2.75, 3.05) is 0 Å². The monoisotopic (exact) mass is 269 g/mol. The predicted molar refractivity (Wildman–Crippen MR) is 68.5 cm³/mol. The average molecular weight is 269 g/mol. The second kappa shape index (κ2) is 4.63. The van der Waals surface area contributed by atoms with Gasteiger partial charge in [-0.1, -0.05) is 12.1 Å². The maximum absolute atomic E-state index is 14.0. The van der Waals surface area contributed by atoms with Crippen molar-refractivity contribution in [3.05, 3.63) is 64.0 Å². The molecule has 20 heavy (non-hydrogen) atoms. The van der Waals surface area contributed by atoms with Crippen LogP contribution >= 0.6 is 0 Å². The third-order valence-corrected chi connectivity index (χ3v) is 2.95. The first-order valence-electron chi connectivity index (χ1n) is 5.82. The summed E-state index contributed by atoms with van der Waals surface area (Å²) < 4.78 is 20.3. The molecule has 0 amide bonds. The number of halogens is 1. The molecule has 0 saturated carbocycles. The molecule has 0 unspecified atom stereocenters. The number of oxazole rings is 1. The fraction of sp³-hybridized carbons (Fsp3) is 0.0714. The Kier molecular flexibility index (Phi) is 2.80. The molecular formula is C14H8FN3O2. The average Bonchev–Trinajstić information content (AvgIpc) is 2.77. The molecule has 2 aromatic heterocycles. The molecule has 0 aliphatic rings. The van der Waals surface area contributed by atoms with Gasteiger partial charge in [0.25, 0.3) is 0 Å². The van der Waals surface area contributed by atoms with Crippen LogP contribution in [0.5, 0.6) is 0 Å². The van der Waals surface area contributed by atoms with E-state index in [1.807, 2.05) is 0 Å². The van der Waals surface area contributed by atoms with E-state index in [0.717, 1.165) is 0 Å². The number of hydrogen-bond acceptors (Lipinski definition) is 4. The van der Waals surface area contributed by atoms with Crippen molar-refractivity contribution in [2.45, 2.75) is 6.54 Å². The molecule has 0 bridgehead atoms. The van der Waals surface area contributed by atoms with Gasteiger partial charge in [-0.15, -0.1) is 0 Å². The topological polar surface area (TPSA) is 71.8 Å². The molecule has 6 heteroatoms. The third-order valence-electron chi connectivity index (χ3n) is 2.95. The lowest BCUT2D eigenvalue weighted by atomic mass is 10.1. The second-order valence-corrected chi connectivity index (χ2v) is 4.17. The van der Waals surface area contributed by atoms with Crippen LogP contribution in [-0.4, -0.2) is 9.55 Å². The highest BCUT2D eigenvalue weighted by Crippen LogP contribution is 2.15. The van der Waals surface area contributed by atoms with Gasteiger partial charge >= 0.3 is 5.76 Å². The van der Waals surface area contributed by atoms with Gasteiger partial charge in [0.2, 0.25) is 0 Å². The Balaban J connectivity index is 2.13. The van der Waals surface area contributed by atoms with Crippen molar-refractivity contribution in [3.8, 4) is 6.07 Å². The zero-order valence-electron chi connectivity index (χ0n) is 10.2. The molecule has 3 aromatic rings. The molecule has 98 valence electrons. The van der Waals surface area contributed by atoms with Crippen LogP contribution < -0.4 is 5.76 Å². The largest absolute Gasteiger partial charge is 0.421 e. The molecule has 0 fully saturated rings.